The Labute approximate surface area is 209 Å². The summed E-state index contributed by atoms with van der Waals surface area (Å²) in [5, 5.41) is 12.2. The summed E-state index contributed by atoms with van der Waals surface area (Å²) in [5.74, 6) is -2.18. The molecular weight excluding hydrogens is 496 g/mol. The molecule has 1 aromatic heterocycles. The van der Waals surface area contributed by atoms with Crippen molar-refractivity contribution < 1.29 is 36.3 Å². The van der Waals surface area contributed by atoms with Crippen LogP contribution in [0.3, 0.4) is 0 Å². The number of amides is 1. The van der Waals surface area contributed by atoms with Crippen molar-refractivity contribution in [2.24, 2.45) is 5.92 Å². The minimum absolute atomic E-state index is 0.0793. The highest BCUT2D eigenvalue weighted by atomic mass is 19.4. The molecule has 1 heterocycles. The van der Waals surface area contributed by atoms with Gasteiger partial charge in [0.25, 0.3) is 0 Å². The predicted octanol–water partition coefficient (Wildman–Crippen LogP) is 6.06. The molecular formula is C25H24F4N4O4. The first-order valence-electron chi connectivity index (χ1n) is 11.7. The number of carbonyl (C=O) groups excluding carboxylic acids is 2. The van der Waals surface area contributed by atoms with E-state index in [0.29, 0.717) is 19.4 Å². The number of rotatable bonds is 7. The molecule has 37 heavy (non-hydrogen) atoms. The van der Waals surface area contributed by atoms with Crippen molar-refractivity contribution in [3.8, 4) is 0 Å². The standard InChI is InChI=1S/C25H24F4N4O4/c1-2-36-23(35)15-5-3-14(4-6-15)16-7-12-20(19(26)13-16)31-21(34)22-32-33-24(37-22)30-18-10-8-17(9-11-18)25(27,28)29/h7-15H,2-6H2,1H3,(H,30,33)(H,31,34). The number of nitrogens with one attached hydrogen (secondary N) is 2. The fourth-order valence-electron chi connectivity index (χ4n) is 4.22. The molecule has 1 amide bonds. The van der Waals surface area contributed by atoms with Crippen molar-refractivity contribution in [2.75, 3.05) is 17.2 Å². The first kappa shape index (κ1) is 26.1. The average Bonchev–Trinajstić information content (AvgIpc) is 3.34. The van der Waals surface area contributed by atoms with Gasteiger partial charge in [0.2, 0.25) is 0 Å². The molecule has 0 radical (unpaired) electrons. The number of alkyl halides is 3. The van der Waals surface area contributed by atoms with Gasteiger partial charge in [-0.15, -0.1) is 5.10 Å². The molecule has 12 heteroatoms. The van der Waals surface area contributed by atoms with E-state index in [-0.39, 0.29) is 35.2 Å². The topological polar surface area (TPSA) is 106 Å². The van der Waals surface area contributed by atoms with Gasteiger partial charge in [0.1, 0.15) is 5.82 Å². The first-order chi connectivity index (χ1) is 17.6. The average molecular weight is 520 g/mol. The summed E-state index contributed by atoms with van der Waals surface area (Å²) < 4.78 is 63.1. The maximum absolute atomic E-state index is 14.7. The second-order valence-corrected chi connectivity index (χ2v) is 8.61. The zero-order valence-corrected chi connectivity index (χ0v) is 19.8. The number of ether oxygens (including phenoxy) is 1. The summed E-state index contributed by atoms with van der Waals surface area (Å²) in [6.45, 7) is 2.11. The van der Waals surface area contributed by atoms with Gasteiger partial charge in [0.15, 0.2) is 0 Å². The number of carbonyl (C=O) groups is 2. The van der Waals surface area contributed by atoms with Crippen molar-refractivity contribution in [2.45, 2.75) is 44.7 Å². The van der Waals surface area contributed by atoms with E-state index < -0.39 is 29.4 Å². The second kappa shape index (κ2) is 11.0. The van der Waals surface area contributed by atoms with Crippen molar-refractivity contribution in [1.29, 1.82) is 0 Å². The zero-order chi connectivity index (χ0) is 26.6. The highest BCUT2D eigenvalue weighted by Crippen LogP contribution is 2.37. The second-order valence-electron chi connectivity index (χ2n) is 8.61. The lowest BCUT2D eigenvalue weighted by molar-refractivity contribution is -0.149. The van der Waals surface area contributed by atoms with Gasteiger partial charge in [0.05, 0.1) is 23.8 Å². The molecule has 4 rings (SSSR count). The van der Waals surface area contributed by atoms with E-state index in [2.05, 4.69) is 20.8 Å². The molecule has 2 N–H and O–H groups in total. The summed E-state index contributed by atoms with van der Waals surface area (Å²) in [7, 11) is 0. The molecule has 0 bridgehead atoms. The van der Waals surface area contributed by atoms with E-state index in [9.17, 15) is 27.2 Å². The van der Waals surface area contributed by atoms with E-state index in [1.165, 1.54) is 24.3 Å². The Morgan fingerprint density at radius 1 is 1.05 bits per heavy atom. The molecule has 2 aromatic carbocycles. The molecule has 0 spiro atoms. The molecule has 0 aliphatic heterocycles. The van der Waals surface area contributed by atoms with Crippen LogP contribution in [0.4, 0.5) is 35.0 Å². The first-order valence-corrected chi connectivity index (χ1v) is 11.7. The molecule has 196 valence electrons. The van der Waals surface area contributed by atoms with E-state index in [1.54, 1.807) is 13.0 Å². The Morgan fingerprint density at radius 3 is 2.38 bits per heavy atom. The fraction of sp³-hybridized carbons (Fsp3) is 0.360. The summed E-state index contributed by atoms with van der Waals surface area (Å²) in [4.78, 5) is 24.4. The van der Waals surface area contributed by atoms with Crippen LogP contribution in [0.2, 0.25) is 0 Å². The highest BCUT2D eigenvalue weighted by molar-refractivity contribution is 6.01. The zero-order valence-electron chi connectivity index (χ0n) is 19.8. The Morgan fingerprint density at radius 2 is 1.76 bits per heavy atom. The van der Waals surface area contributed by atoms with Crippen LogP contribution in [0.1, 0.15) is 60.3 Å². The number of anilines is 3. The number of esters is 1. The third-order valence-corrected chi connectivity index (χ3v) is 6.14. The van der Waals surface area contributed by atoms with Crippen molar-refractivity contribution in [3.63, 3.8) is 0 Å². The molecule has 1 saturated carbocycles. The van der Waals surface area contributed by atoms with Crippen LogP contribution in [0.25, 0.3) is 0 Å². The third kappa shape index (κ3) is 6.43. The number of hydrogen-bond donors (Lipinski definition) is 2. The van der Waals surface area contributed by atoms with Gasteiger partial charge >= 0.3 is 30.0 Å². The van der Waals surface area contributed by atoms with Crippen LogP contribution in [0.15, 0.2) is 46.9 Å². The van der Waals surface area contributed by atoms with E-state index in [1.807, 2.05) is 0 Å². The van der Waals surface area contributed by atoms with E-state index in [0.717, 1.165) is 30.5 Å². The van der Waals surface area contributed by atoms with Gasteiger partial charge < -0.3 is 19.8 Å². The van der Waals surface area contributed by atoms with Crippen LogP contribution in [-0.4, -0.2) is 28.7 Å². The summed E-state index contributed by atoms with van der Waals surface area (Å²) in [5.41, 5.74) is 0.116. The van der Waals surface area contributed by atoms with Crippen LogP contribution in [0.5, 0.6) is 0 Å². The molecule has 1 aliphatic carbocycles. The largest absolute Gasteiger partial charge is 0.466 e. The molecule has 8 nitrogen and oxygen atoms in total. The van der Waals surface area contributed by atoms with Crippen molar-refractivity contribution in [3.05, 3.63) is 65.3 Å². The van der Waals surface area contributed by atoms with Gasteiger partial charge in [-0.3, -0.25) is 9.59 Å². The van der Waals surface area contributed by atoms with Gasteiger partial charge in [-0.25, -0.2) is 4.39 Å². The minimum atomic E-state index is -4.47. The molecule has 1 fully saturated rings. The monoisotopic (exact) mass is 520 g/mol. The molecule has 1 aliphatic rings. The number of hydrogen-bond acceptors (Lipinski definition) is 7. The molecule has 0 saturated heterocycles. The molecule has 0 unspecified atom stereocenters. The Kier molecular flexibility index (Phi) is 7.74. The highest BCUT2D eigenvalue weighted by Gasteiger charge is 2.30. The van der Waals surface area contributed by atoms with Gasteiger partial charge in [0, 0.05) is 5.69 Å². The summed E-state index contributed by atoms with van der Waals surface area (Å²) in [6.07, 6.45) is -1.67. The lowest BCUT2D eigenvalue weighted by atomic mass is 9.78. The predicted molar refractivity (Wildman–Crippen MR) is 125 cm³/mol. The Bertz CT molecular complexity index is 1250. The minimum Gasteiger partial charge on any atom is -0.466 e. The molecule has 0 atom stereocenters. The lowest BCUT2D eigenvalue weighted by Gasteiger charge is -2.27. The fourth-order valence-corrected chi connectivity index (χ4v) is 4.22. The van der Waals surface area contributed by atoms with Crippen LogP contribution < -0.4 is 10.6 Å². The Balaban J connectivity index is 1.34. The number of benzene rings is 2. The third-order valence-electron chi connectivity index (χ3n) is 6.14. The van der Waals surface area contributed by atoms with Crippen LogP contribution >= 0.6 is 0 Å². The summed E-state index contributed by atoms with van der Waals surface area (Å²) in [6, 6.07) is 8.41. The SMILES string of the molecule is CCOC(=O)C1CCC(c2ccc(NC(=O)c3nnc(Nc4ccc(C(F)(F)F)cc4)o3)c(F)c2)CC1. The maximum atomic E-state index is 14.7. The van der Waals surface area contributed by atoms with Crippen LogP contribution in [0, 0.1) is 11.7 Å². The molecule has 3 aromatic rings. The van der Waals surface area contributed by atoms with Gasteiger partial charge in [-0.2, -0.15) is 13.2 Å². The van der Waals surface area contributed by atoms with E-state index in [4.69, 9.17) is 9.15 Å². The van der Waals surface area contributed by atoms with Gasteiger partial charge in [-0.05, 0) is 80.5 Å². The Hall–Kier alpha value is -3.96. The number of nitrogens with zero attached hydrogens (tertiary/aromatic N) is 2. The van der Waals surface area contributed by atoms with E-state index >= 15 is 0 Å². The van der Waals surface area contributed by atoms with Crippen molar-refractivity contribution in [1.82, 2.24) is 10.2 Å². The summed E-state index contributed by atoms with van der Waals surface area (Å²) >= 11 is 0. The van der Waals surface area contributed by atoms with Crippen molar-refractivity contribution >= 4 is 29.3 Å². The van der Waals surface area contributed by atoms with Gasteiger partial charge in [-0.1, -0.05) is 11.2 Å². The number of aromatic nitrogens is 2. The lowest BCUT2D eigenvalue weighted by Crippen LogP contribution is -2.23. The maximum Gasteiger partial charge on any atom is 0.416 e. The number of halogens is 4. The normalized spacial score (nSPS) is 17.8. The smallest absolute Gasteiger partial charge is 0.416 e. The quantitative estimate of drug-likeness (QED) is 0.288. The van der Waals surface area contributed by atoms with Crippen LogP contribution in [-0.2, 0) is 15.7 Å².